The number of hydrazine groups is 1. The molecule has 0 bridgehead atoms. The number of hydrogen-bond donors (Lipinski definition) is 4. The Morgan fingerprint density at radius 3 is 2.39 bits per heavy atom. The minimum absolute atomic E-state index is 0.000659. The van der Waals surface area contributed by atoms with Gasteiger partial charge in [0.05, 0.1) is 6.61 Å². The highest BCUT2D eigenvalue weighted by atomic mass is 16.3. The van der Waals surface area contributed by atoms with Gasteiger partial charge in [0.25, 0.3) is 0 Å². The second kappa shape index (κ2) is 6.58. The standard InChI is InChI=1S/C13H22N2O3/c1-9(2)11(8-16)14-15(3)7-10-4-5-12(17)13(18)6-10/h4-6,9,11,14,16-18H,7-8H2,1-3H3/t11-/m0/s1. The molecule has 0 spiro atoms. The Bertz CT molecular complexity index is 382. The van der Waals surface area contributed by atoms with Crippen molar-refractivity contribution < 1.29 is 15.3 Å². The minimum Gasteiger partial charge on any atom is -0.504 e. The molecule has 0 aromatic heterocycles. The molecule has 18 heavy (non-hydrogen) atoms. The van der Waals surface area contributed by atoms with Gasteiger partial charge in [0.1, 0.15) is 0 Å². The number of rotatable bonds is 6. The van der Waals surface area contributed by atoms with Crippen molar-refractivity contribution in [3.05, 3.63) is 23.8 Å². The third-order valence-corrected chi connectivity index (χ3v) is 2.85. The minimum atomic E-state index is -0.122. The maximum absolute atomic E-state index is 9.40. The Labute approximate surface area is 108 Å². The lowest BCUT2D eigenvalue weighted by atomic mass is 10.1. The molecule has 0 radical (unpaired) electrons. The third-order valence-electron chi connectivity index (χ3n) is 2.85. The van der Waals surface area contributed by atoms with Crippen molar-refractivity contribution in [3.8, 4) is 11.5 Å². The molecule has 0 aliphatic rings. The summed E-state index contributed by atoms with van der Waals surface area (Å²) in [5.74, 6) is 0.0823. The number of aliphatic hydroxyl groups is 1. The topological polar surface area (TPSA) is 76.0 Å². The van der Waals surface area contributed by atoms with E-state index in [4.69, 9.17) is 0 Å². The number of nitrogens with one attached hydrogen (secondary N) is 1. The van der Waals surface area contributed by atoms with Crippen molar-refractivity contribution in [2.24, 2.45) is 5.92 Å². The molecule has 0 aliphatic heterocycles. The smallest absolute Gasteiger partial charge is 0.157 e. The van der Waals surface area contributed by atoms with E-state index in [1.165, 1.54) is 12.1 Å². The zero-order valence-electron chi connectivity index (χ0n) is 11.1. The molecule has 0 aliphatic carbocycles. The van der Waals surface area contributed by atoms with E-state index in [0.29, 0.717) is 12.5 Å². The molecule has 0 saturated carbocycles. The average Bonchev–Trinajstić information content (AvgIpc) is 2.30. The Balaban J connectivity index is 2.58. The van der Waals surface area contributed by atoms with Crippen LogP contribution in [0.25, 0.3) is 0 Å². The molecule has 1 atom stereocenters. The first-order valence-electron chi connectivity index (χ1n) is 6.03. The van der Waals surface area contributed by atoms with Crippen LogP contribution < -0.4 is 5.43 Å². The van der Waals surface area contributed by atoms with Gasteiger partial charge in [-0.15, -0.1) is 0 Å². The van der Waals surface area contributed by atoms with Crippen molar-refractivity contribution in [3.63, 3.8) is 0 Å². The Morgan fingerprint density at radius 1 is 1.22 bits per heavy atom. The first kappa shape index (κ1) is 14.8. The Morgan fingerprint density at radius 2 is 1.89 bits per heavy atom. The van der Waals surface area contributed by atoms with Crippen molar-refractivity contribution in [1.82, 2.24) is 10.4 Å². The fourth-order valence-electron chi connectivity index (χ4n) is 1.67. The van der Waals surface area contributed by atoms with Crippen LogP contribution in [0.1, 0.15) is 19.4 Å². The quantitative estimate of drug-likeness (QED) is 0.451. The van der Waals surface area contributed by atoms with Gasteiger partial charge >= 0.3 is 0 Å². The van der Waals surface area contributed by atoms with Gasteiger partial charge in [0.2, 0.25) is 0 Å². The van der Waals surface area contributed by atoms with Gasteiger partial charge in [-0.25, -0.2) is 10.4 Å². The number of nitrogens with zero attached hydrogens (tertiary/aromatic N) is 1. The summed E-state index contributed by atoms with van der Waals surface area (Å²) in [7, 11) is 1.87. The molecule has 0 heterocycles. The van der Waals surface area contributed by atoms with Crippen LogP contribution in [0.15, 0.2) is 18.2 Å². The van der Waals surface area contributed by atoms with Gasteiger partial charge in [0, 0.05) is 19.6 Å². The van der Waals surface area contributed by atoms with E-state index in [-0.39, 0.29) is 24.1 Å². The Hall–Kier alpha value is -1.30. The fraction of sp³-hybridized carbons (Fsp3) is 0.538. The molecule has 0 amide bonds. The van der Waals surface area contributed by atoms with Crippen LogP contribution in [0, 0.1) is 5.92 Å². The van der Waals surface area contributed by atoms with Crippen LogP contribution in [0.5, 0.6) is 11.5 Å². The number of aliphatic hydroxyl groups excluding tert-OH is 1. The van der Waals surface area contributed by atoms with Gasteiger partial charge < -0.3 is 15.3 Å². The maximum atomic E-state index is 9.40. The maximum Gasteiger partial charge on any atom is 0.157 e. The van der Waals surface area contributed by atoms with Crippen molar-refractivity contribution in [2.45, 2.75) is 26.4 Å². The van der Waals surface area contributed by atoms with Crippen LogP contribution in [-0.4, -0.2) is 40.0 Å². The molecule has 5 heteroatoms. The molecular formula is C13H22N2O3. The SMILES string of the molecule is CC(C)[C@H](CO)NN(C)Cc1ccc(O)c(O)c1. The number of hydrogen-bond acceptors (Lipinski definition) is 5. The number of phenols is 2. The lowest BCUT2D eigenvalue weighted by Crippen LogP contribution is -2.46. The molecule has 0 fully saturated rings. The third kappa shape index (κ3) is 4.18. The van der Waals surface area contributed by atoms with E-state index in [1.54, 1.807) is 6.07 Å². The molecule has 1 aromatic rings. The second-order valence-corrected chi connectivity index (χ2v) is 4.84. The molecule has 0 saturated heterocycles. The lowest BCUT2D eigenvalue weighted by molar-refractivity contribution is 0.115. The van der Waals surface area contributed by atoms with Crippen LogP contribution >= 0.6 is 0 Å². The van der Waals surface area contributed by atoms with Gasteiger partial charge in [0.15, 0.2) is 11.5 Å². The van der Waals surface area contributed by atoms with Gasteiger partial charge in [-0.2, -0.15) is 0 Å². The predicted molar refractivity (Wildman–Crippen MR) is 70.1 cm³/mol. The monoisotopic (exact) mass is 254 g/mol. The zero-order valence-corrected chi connectivity index (χ0v) is 11.1. The largest absolute Gasteiger partial charge is 0.504 e. The highest BCUT2D eigenvalue weighted by Gasteiger charge is 2.14. The predicted octanol–water partition coefficient (Wildman–Crippen LogP) is 1.05. The normalized spacial score (nSPS) is 13.2. The van der Waals surface area contributed by atoms with Crippen LogP contribution in [0.3, 0.4) is 0 Å². The van der Waals surface area contributed by atoms with Crippen LogP contribution in [0.2, 0.25) is 0 Å². The summed E-state index contributed by atoms with van der Waals surface area (Å²) in [6.07, 6.45) is 0. The van der Waals surface area contributed by atoms with Gasteiger partial charge in [-0.3, -0.25) is 0 Å². The molecule has 1 rings (SSSR count). The molecular weight excluding hydrogens is 232 g/mol. The van der Waals surface area contributed by atoms with E-state index >= 15 is 0 Å². The van der Waals surface area contributed by atoms with E-state index in [1.807, 2.05) is 25.9 Å². The summed E-state index contributed by atoms with van der Waals surface area (Å²) in [6.45, 7) is 4.71. The molecule has 5 nitrogen and oxygen atoms in total. The molecule has 4 N–H and O–H groups in total. The summed E-state index contributed by atoms with van der Waals surface area (Å²) in [5.41, 5.74) is 4.06. The first-order valence-corrected chi connectivity index (χ1v) is 6.03. The number of phenolic OH excluding ortho intramolecular Hbond substituents is 2. The Kier molecular flexibility index (Phi) is 5.40. The lowest BCUT2D eigenvalue weighted by Gasteiger charge is -2.27. The van der Waals surface area contributed by atoms with E-state index in [0.717, 1.165) is 5.56 Å². The summed E-state index contributed by atoms with van der Waals surface area (Å²) in [4.78, 5) is 0. The van der Waals surface area contributed by atoms with Crippen molar-refractivity contribution >= 4 is 0 Å². The highest BCUT2D eigenvalue weighted by Crippen LogP contribution is 2.25. The zero-order chi connectivity index (χ0) is 13.7. The van der Waals surface area contributed by atoms with Crippen molar-refractivity contribution in [1.29, 1.82) is 0 Å². The second-order valence-electron chi connectivity index (χ2n) is 4.84. The highest BCUT2D eigenvalue weighted by molar-refractivity contribution is 5.40. The summed E-state index contributed by atoms with van der Waals surface area (Å²) in [5, 5.41) is 29.7. The number of benzene rings is 1. The summed E-state index contributed by atoms with van der Waals surface area (Å²) >= 11 is 0. The average molecular weight is 254 g/mol. The van der Waals surface area contributed by atoms with E-state index < -0.39 is 0 Å². The van der Waals surface area contributed by atoms with Gasteiger partial charge in [-0.05, 0) is 23.6 Å². The molecule has 1 aromatic carbocycles. The van der Waals surface area contributed by atoms with Crippen LogP contribution in [-0.2, 0) is 6.54 Å². The van der Waals surface area contributed by atoms with Crippen LogP contribution in [0.4, 0.5) is 0 Å². The number of aromatic hydroxyl groups is 2. The summed E-state index contributed by atoms with van der Waals surface area (Å²) in [6, 6.07) is 4.73. The van der Waals surface area contributed by atoms with Crippen molar-refractivity contribution in [2.75, 3.05) is 13.7 Å². The first-order chi connectivity index (χ1) is 8.43. The summed E-state index contributed by atoms with van der Waals surface area (Å²) < 4.78 is 0. The fourth-order valence-corrected chi connectivity index (χ4v) is 1.67. The van der Waals surface area contributed by atoms with Gasteiger partial charge in [-0.1, -0.05) is 19.9 Å². The van der Waals surface area contributed by atoms with E-state index in [2.05, 4.69) is 5.43 Å². The molecule has 0 unspecified atom stereocenters. The molecule has 102 valence electrons. The van der Waals surface area contributed by atoms with E-state index in [9.17, 15) is 15.3 Å².